The number of hydrogen-bond acceptors (Lipinski definition) is 16. The van der Waals surface area contributed by atoms with E-state index in [2.05, 4.69) is 57.4 Å². The highest BCUT2D eigenvalue weighted by Crippen LogP contribution is 2.38. The second kappa shape index (κ2) is 23.3. The monoisotopic (exact) mass is 1100 g/mol. The molecule has 19 nitrogen and oxygen atoms in total. The molecule has 6 aromatic rings. The van der Waals surface area contributed by atoms with E-state index < -0.39 is 83.1 Å². The van der Waals surface area contributed by atoms with E-state index in [4.69, 9.17) is 46.7 Å². The number of carbonyl (C=O) groups excluding carboxylic acids is 1. The van der Waals surface area contributed by atoms with Crippen LogP contribution in [0.1, 0.15) is 117 Å². The first-order valence-corrected chi connectivity index (χ1v) is 25.6. The number of nitrogens with one attached hydrogen (secondary N) is 3. The Balaban J connectivity index is 0.000000134. The van der Waals surface area contributed by atoms with Gasteiger partial charge in [-0.3, -0.25) is 30.0 Å². The van der Waals surface area contributed by atoms with E-state index in [0.717, 1.165) is 76.2 Å². The molecule has 0 spiro atoms. The van der Waals surface area contributed by atoms with Gasteiger partial charge in [-0.05, 0) is 68.7 Å². The lowest BCUT2D eigenvalue weighted by Crippen LogP contribution is -2.47. The Bertz CT molecular complexity index is 3310. The van der Waals surface area contributed by atoms with Crippen molar-refractivity contribution in [1.82, 2.24) is 45.3 Å². The van der Waals surface area contributed by atoms with Gasteiger partial charge in [0, 0.05) is 115 Å². The third-order valence-corrected chi connectivity index (χ3v) is 15.3. The lowest BCUT2D eigenvalue weighted by atomic mass is 9.93. The minimum atomic E-state index is -1.24. The van der Waals surface area contributed by atoms with Crippen molar-refractivity contribution >= 4 is 5.97 Å². The van der Waals surface area contributed by atoms with Gasteiger partial charge in [-0.2, -0.15) is 25.8 Å². The fourth-order valence-electron chi connectivity index (χ4n) is 11.3. The Morgan fingerprint density at radius 1 is 0.570 bits per heavy atom. The molecule has 3 aromatic heterocycles. The zero-order chi connectivity index (χ0) is 55.8. The number of benzene rings is 3. The van der Waals surface area contributed by atoms with Crippen molar-refractivity contribution in [1.29, 1.82) is 10.5 Å². The van der Waals surface area contributed by atoms with E-state index >= 15 is 0 Å². The van der Waals surface area contributed by atoms with Crippen LogP contribution in [-0.4, -0.2) is 114 Å². The number of fused-ring (bicyclic) bond motifs is 3. The zero-order valence-corrected chi connectivity index (χ0v) is 42.5. The van der Waals surface area contributed by atoms with Crippen molar-refractivity contribution in [2.75, 3.05) is 26.4 Å². The van der Waals surface area contributed by atoms with Crippen molar-refractivity contribution in [2.24, 2.45) is 17.2 Å². The lowest BCUT2D eigenvalue weighted by Gasteiger charge is -2.38. The van der Waals surface area contributed by atoms with Gasteiger partial charge in [0.15, 0.2) is 28.7 Å². The molecule has 6 aliphatic rings. The number of hydrogen-bond donors (Lipinski definition) is 6. The minimum Gasteiger partial charge on any atom is -0.461 e. The molecule has 0 saturated carbocycles. The Morgan fingerprint density at radius 2 is 0.962 bits per heavy atom. The maximum Gasteiger partial charge on any atom is 0.359 e. The van der Waals surface area contributed by atoms with Gasteiger partial charge in [0.1, 0.15) is 59.5 Å². The van der Waals surface area contributed by atoms with Crippen LogP contribution in [0.4, 0.5) is 30.7 Å². The number of esters is 1. The highest BCUT2D eigenvalue weighted by molar-refractivity contribution is 5.89. The summed E-state index contributed by atoms with van der Waals surface area (Å²) in [6.07, 6.45) is -0.526. The van der Waals surface area contributed by atoms with Crippen LogP contribution in [0.15, 0.2) is 48.5 Å². The fraction of sp³-hybridized carbons (Fsp3) is 0.434. The summed E-state index contributed by atoms with van der Waals surface area (Å²) >= 11 is 0. The van der Waals surface area contributed by atoms with Crippen LogP contribution in [0.5, 0.6) is 0 Å². The number of nitrogens with two attached hydrogens (primary N) is 3. The van der Waals surface area contributed by atoms with Gasteiger partial charge in [0.05, 0.1) is 43.5 Å². The summed E-state index contributed by atoms with van der Waals surface area (Å²) in [7, 11) is 0. The van der Waals surface area contributed by atoms with Crippen molar-refractivity contribution in [3.8, 4) is 12.1 Å². The number of carbonyl (C=O) groups is 1. The van der Waals surface area contributed by atoms with Gasteiger partial charge in [-0.1, -0.05) is 0 Å². The largest absolute Gasteiger partial charge is 0.461 e. The van der Waals surface area contributed by atoms with E-state index in [-0.39, 0.29) is 48.0 Å². The molecule has 6 aliphatic heterocycles. The van der Waals surface area contributed by atoms with Crippen LogP contribution in [-0.2, 0) is 58.2 Å². The molecule has 0 amide bonds. The van der Waals surface area contributed by atoms with Crippen LogP contribution in [0.25, 0.3) is 0 Å². The predicted octanol–water partition coefficient (Wildman–Crippen LogP) is 5.64. The summed E-state index contributed by atoms with van der Waals surface area (Å²) < 4.78 is 118. The first-order chi connectivity index (χ1) is 38.0. The number of nitriles is 2. The predicted molar refractivity (Wildman–Crippen MR) is 263 cm³/mol. The van der Waals surface area contributed by atoms with Gasteiger partial charge >= 0.3 is 5.97 Å². The SMILES string of the molecule is CCOC(=O)c1n[nH]c2c1CN([C@H]1CO[C@H](c3cc(F)ccc3F)[C@@H](N)C1)C2.N#Cc1n[nH]c2c1CN([C@H]1CO[C@H](c3cc(F)c(F)cc3F)[C@@H](N)C1)C2.N#Cc1n[nH]c2c1CN([C@H]1CO[C@H](c3cc(F)ccc3F)[C@@H](N)C1)C2. The van der Waals surface area contributed by atoms with Crippen LogP contribution < -0.4 is 17.2 Å². The van der Waals surface area contributed by atoms with Gasteiger partial charge in [0.2, 0.25) is 0 Å². The van der Waals surface area contributed by atoms with E-state index in [0.29, 0.717) is 94.9 Å². The quantitative estimate of drug-likeness (QED) is 0.0611. The Kier molecular flexibility index (Phi) is 16.3. The molecule has 0 unspecified atom stereocenters. The maximum absolute atomic E-state index is 14.1. The molecule has 26 heteroatoms. The van der Waals surface area contributed by atoms with E-state index in [9.17, 15) is 35.5 Å². The molecule has 9 heterocycles. The molecule has 12 rings (SSSR count). The summed E-state index contributed by atoms with van der Waals surface area (Å²) in [6, 6.07) is 10.6. The number of H-pyrrole nitrogens is 3. The minimum absolute atomic E-state index is 0.00119. The van der Waals surface area contributed by atoms with Gasteiger partial charge in [-0.15, -0.1) is 0 Å². The Labute approximate surface area is 447 Å². The number of rotatable bonds is 8. The first-order valence-electron chi connectivity index (χ1n) is 25.6. The molecule has 79 heavy (non-hydrogen) atoms. The molecule has 9 atom stereocenters. The average Bonchev–Trinajstić information content (AvgIpc) is 4.38. The molecule has 3 aromatic carbocycles. The summed E-state index contributed by atoms with van der Waals surface area (Å²) in [5.41, 5.74) is 25.3. The van der Waals surface area contributed by atoms with Crippen LogP contribution >= 0.6 is 0 Å². The number of aromatic nitrogens is 6. The lowest BCUT2D eigenvalue weighted by molar-refractivity contribution is -0.0533. The summed E-state index contributed by atoms with van der Waals surface area (Å²) in [5.74, 6) is -5.76. The first kappa shape index (κ1) is 55.2. The van der Waals surface area contributed by atoms with Gasteiger partial charge < -0.3 is 36.1 Å². The third kappa shape index (κ3) is 11.4. The molecular weight excluding hydrogens is 1050 g/mol. The number of halogens is 7. The number of ether oxygens (including phenoxy) is 4. The van der Waals surface area contributed by atoms with Crippen molar-refractivity contribution < 1.29 is 54.5 Å². The highest BCUT2D eigenvalue weighted by atomic mass is 19.2. The van der Waals surface area contributed by atoms with Crippen LogP contribution in [0, 0.1) is 63.4 Å². The summed E-state index contributed by atoms with van der Waals surface area (Å²) in [5, 5.41) is 38.8. The van der Waals surface area contributed by atoms with E-state index in [1.54, 1.807) is 6.92 Å². The topological polar surface area (TPSA) is 275 Å². The number of nitrogens with zero attached hydrogens (tertiary/aromatic N) is 8. The maximum atomic E-state index is 14.1. The molecule has 0 radical (unpaired) electrons. The van der Waals surface area contributed by atoms with E-state index in [1.165, 1.54) is 0 Å². The molecular formula is C53H55F7N14O5. The van der Waals surface area contributed by atoms with Crippen LogP contribution in [0.3, 0.4) is 0 Å². The second-order valence-corrected chi connectivity index (χ2v) is 20.3. The van der Waals surface area contributed by atoms with E-state index in [1.807, 2.05) is 0 Å². The standard InChI is InChI=1S/C19H22F2N4O3.C17H16F3N5O.C17H17F2N5O/c1-2-27-19(26)17-13-7-25(8-16(13)23-24-17)11-6-15(22)18(28-9-11)12-5-10(20)3-4-14(12)21;18-11-3-13(20)12(19)2-9(11)17-14(22)1-8(7-26-17)25-5-10-15(4-21)23-24-16(10)6-25;18-9-1-2-13(19)11(3-9)17-14(21)4-10(8-25-17)24-6-12-15(5-20)22-23-16(12)7-24/h3-5,11,15,18H,2,6-9,22H2,1H3,(H,23,24);2-3,8,14,17H,1,5-7,22H2,(H,23,24);1-3,10,14,17H,4,6-8,21H2,(H,22,23)/t11-,15+,18-;8-,14+,17-;10-,14+,17-/m111/s1. The third-order valence-electron chi connectivity index (χ3n) is 15.3. The van der Waals surface area contributed by atoms with Gasteiger partial charge in [-0.25, -0.2) is 35.5 Å². The smallest absolute Gasteiger partial charge is 0.359 e. The second-order valence-electron chi connectivity index (χ2n) is 20.3. The van der Waals surface area contributed by atoms with Crippen molar-refractivity contribution in [2.45, 2.75) is 120 Å². The normalized spacial score (nSPS) is 25.7. The average molecular weight is 1100 g/mol. The summed E-state index contributed by atoms with van der Waals surface area (Å²) in [4.78, 5) is 18.4. The molecule has 3 saturated heterocycles. The highest BCUT2D eigenvalue weighted by Gasteiger charge is 2.41. The zero-order valence-electron chi connectivity index (χ0n) is 42.5. The molecule has 3 fully saturated rings. The number of aromatic amines is 3. The summed E-state index contributed by atoms with van der Waals surface area (Å²) in [6.45, 7) is 6.52. The molecule has 0 aliphatic carbocycles. The molecule has 416 valence electrons. The Hall–Kier alpha value is -7.11. The fourth-order valence-corrected chi connectivity index (χ4v) is 11.3. The van der Waals surface area contributed by atoms with Crippen molar-refractivity contribution in [3.05, 3.63) is 157 Å². The molecule has 9 N–H and O–H groups in total. The van der Waals surface area contributed by atoms with Crippen LogP contribution in [0.2, 0.25) is 0 Å². The van der Waals surface area contributed by atoms with Crippen molar-refractivity contribution in [3.63, 3.8) is 0 Å². The van der Waals surface area contributed by atoms with Gasteiger partial charge in [0.25, 0.3) is 0 Å². The molecule has 0 bridgehead atoms. The Morgan fingerprint density at radius 3 is 1.38 bits per heavy atom.